The number of fused-ring (bicyclic) bond motifs is 1. The summed E-state index contributed by atoms with van der Waals surface area (Å²) in [6.45, 7) is 0. The van der Waals surface area contributed by atoms with Crippen LogP contribution in [0.15, 0.2) is 30.6 Å². The van der Waals surface area contributed by atoms with Crippen LogP contribution in [0.2, 0.25) is 0 Å². The first-order chi connectivity index (χ1) is 13.2. The van der Waals surface area contributed by atoms with Gasteiger partial charge >= 0.3 is 0 Å². The van der Waals surface area contributed by atoms with Gasteiger partial charge in [0.05, 0.1) is 34.4 Å². The van der Waals surface area contributed by atoms with Crippen LogP contribution < -0.4 is 5.32 Å². The van der Waals surface area contributed by atoms with Gasteiger partial charge in [-0.05, 0) is 38.2 Å². The maximum absolute atomic E-state index is 12.0. The fourth-order valence-corrected chi connectivity index (χ4v) is 4.73. The minimum atomic E-state index is -0.141. The summed E-state index contributed by atoms with van der Waals surface area (Å²) in [6.07, 6.45) is 9.52. The minimum absolute atomic E-state index is 0.0758. The van der Waals surface area contributed by atoms with Crippen molar-refractivity contribution in [1.82, 2.24) is 14.8 Å². The highest BCUT2D eigenvalue weighted by Gasteiger charge is 2.39. The van der Waals surface area contributed by atoms with Gasteiger partial charge in [0.15, 0.2) is 5.13 Å². The van der Waals surface area contributed by atoms with Gasteiger partial charge in [-0.2, -0.15) is 10.4 Å². The van der Waals surface area contributed by atoms with Crippen LogP contribution in [-0.4, -0.2) is 20.7 Å². The van der Waals surface area contributed by atoms with Gasteiger partial charge < -0.3 is 5.32 Å². The average Bonchev–Trinajstić information content (AvgIpc) is 3.23. The highest BCUT2D eigenvalue weighted by atomic mass is 32.1. The van der Waals surface area contributed by atoms with E-state index in [1.165, 1.54) is 11.3 Å². The Hall–Kier alpha value is -2.72. The Morgan fingerprint density at radius 1 is 1.41 bits per heavy atom. The van der Waals surface area contributed by atoms with Crippen molar-refractivity contribution >= 4 is 32.6 Å². The summed E-state index contributed by atoms with van der Waals surface area (Å²) in [6, 6.07) is 8.33. The average molecular weight is 377 g/mol. The zero-order valence-corrected chi connectivity index (χ0v) is 15.6. The third-order valence-electron chi connectivity index (χ3n) is 5.67. The largest absolute Gasteiger partial charge is 0.302 e. The van der Waals surface area contributed by atoms with E-state index in [-0.39, 0.29) is 17.4 Å². The number of nitriles is 1. The molecule has 2 saturated carbocycles. The Kier molecular flexibility index (Phi) is 3.76. The third-order valence-corrected chi connectivity index (χ3v) is 6.69. The second-order valence-corrected chi connectivity index (χ2v) is 8.52. The molecule has 6 nitrogen and oxygen atoms in total. The molecule has 7 heteroatoms. The number of hydrogen-bond donors (Lipinski definition) is 1. The normalized spacial score (nSPS) is 18.0. The van der Waals surface area contributed by atoms with Gasteiger partial charge in [0.2, 0.25) is 5.91 Å². The zero-order valence-electron chi connectivity index (χ0n) is 14.8. The minimum Gasteiger partial charge on any atom is -0.302 e. The number of carbonyl (C=O) groups is 1. The molecule has 2 aromatic heterocycles. The number of carbonyl (C=O) groups excluding carboxylic acids is 1. The molecule has 27 heavy (non-hydrogen) atoms. The van der Waals surface area contributed by atoms with E-state index in [0.29, 0.717) is 11.6 Å². The van der Waals surface area contributed by atoms with E-state index < -0.39 is 0 Å². The van der Waals surface area contributed by atoms with Gasteiger partial charge in [0, 0.05) is 23.2 Å². The fraction of sp³-hybridized carbons (Fsp3) is 0.400. The van der Waals surface area contributed by atoms with E-state index in [0.717, 1.165) is 53.4 Å². The van der Waals surface area contributed by atoms with Gasteiger partial charge in [-0.3, -0.25) is 9.48 Å². The zero-order chi connectivity index (χ0) is 18.4. The number of nitrogens with one attached hydrogen (secondary N) is 1. The lowest BCUT2D eigenvalue weighted by Gasteiger charge is -2.40. The molecule has 0 aliphatic heterocycles. The first-order valence-electron chi connectivity index (χ1n) is 9.31. The van der Waals surface area contributed by atoms with E-state index in [1.54, 1.807) is 0 Å². The highest BCUT2D eigenvalue weighted by molar-refractivity contribution is 7.22. The first kappa shape index (κ1) is 16.5. The molecule has 1 amide bonds. The number of aromatic nitrogens is 3. The molecular weight excluding hydrogens is 358 g/mol. The highest BCUT2D eigenvalue weighted by Crippen LogP contribution is 2.43. The maximum atomic E-state index is 12.0. The summed E-state index contributed by atoms with van der Waals surface area (Å²) in [5.41, 5.74) is 2.83. The van der Waals surface area contributed by atoms with Crippen LogP contribution in [-0.2, 0) is 10.3 Å². The third kappa shape index (κ3) is 2.81. The van der Waals surface area contributed by atoms with Crippen molar-refractivity contribution in [3.63, 3.8) is 0 Å². The molecule has 2 aliphatic carbocycles. The Morgan fingerprint density at radius 2 is 2.26 bits per heavy atom. The number of anilines is 1. The maximum Gasteiger partial charge on any atom is 0.229 e. The molecule has 2 aliphatic rings. The smallest absolute Gasteiger partial charge is 0.229 e. The molecule has 0 spiro atoms. The molecule has 0 bridgehead atoms. The number of rotatable bonds is 5. The predicted molar refractivity (Wildman–Crippen MR) is 104 cm³/mol. The number of nitrogens with zero attached hydrogens (tertiary/aromatic N) is 4. The van der Waals surface area contributed by atoms with Crippen molar-refractivity contribution in [3.05, 3.63) is 30.6 Å². The van der Waals surface area contributed by atoms with Gasteiger partial charge in [0.1, 0.15) is 0 Å². The Bertz CT molecular complexity index is 1070. The molecule has 0 saturated heterocycles. The SMILES string of the molecule is N#CCC1(n2cc(-c3cccc4nc(NC(=O)C5CC5)sc34)cn2)CCC1. The summed E-state index contributed by atoms with van der Waals surface area (Å²) in [5.74, 6) is 0.236. The molecule has 2 heterocycles. The van der Waals surface area contributed by atoms with Gasteiger partial charge in [-0.15, -0.1) is 0 Å². The van der Waals surface area contributed by atoms with Gasteiger partial charge in [0.25, 0.3) is 0 Å². The van der Waals surface area contributed by atoms with Crippen LogP contribution in [0, 0.1) is 17.2 Å². The molecule has 3 aromatic rings. The number of hydrogen-bond acceptors (Lipinski definition) is 5. The number of benzene rings is 1. The molecular formula is C20H19N5OS. The fourth-order valence-electron chi connectivity index (χ4n) is 3.72. The Balaban J connectivity index is 1.49. The van der Waals surface area contributed by atoms with Crippen LogP contribution in [0.1, 0.15) is 38.5 Å². The number of thiazole rings is 1. The lowest BCUT2D eigenvalue weighted by Crippen LogP contribution is -2.40. The molecule has 1 aromatic carbocycles. The monoisotopic (exact) mass is 377 g/mol. The standard InChI is InChI=1S/C20H19N5OS/c21-10-9-20(7-2-8-20)25-12-14(11-22-25)15-3-1-4-16-17(15)27-19(23-16)24-18(26)13-5-6-13/h1,3-4,11-13H,2,5-9H2,(H,23,24,26). The quantitative estimate of drug-likeness (QED) is 0.718. The molecule has 2 fully saturated rings. The van der Waals surface area contributed by atoms with Crippen LogP contribution >= 0.6 is 11.3 Å². The summed E-state index contributed by atoms with van der Waals surface area (Å²) in [7, 11) is 0. The van der Waals surface area contributed by atoms with E-state index in [2.05, 4.69) is 27.5 Å². The van der Waals surface area contributed by atoms with Crippen molar-refractivity contribution in [3.8, 4) is 17.2 Å². The van der Waals surface area contributed by atoms with Crippen molar-refractivity contribution < 1.29 is 4.79 Å². The van der Waals surface area contributed by atoms with Gasteiger partial charge in [-0.1, -0.05) is 23.5 Å². The van der Waals surface area contributed by atoms with E-state index in [9.17, 15) is 10.1 Å². The van der Waals surface area contributed by atoms with E-state index >= 15 is 0 Å². The van der Waals surface area contributed by atoms with Crippen LogP contribution in [0.25, 0.3) is 21.3 Å². The summed E-state index contributed by atoms with van der Waals surface area (Å²) in [5, 5.41) is 17.4. The second-order valence-electron chi connectivity index (χ2n) is 7.52. The van der Waals surface area contributed by atoms with E-state index in [1.807, 2.05) is 29.2 Å². The lowest BCUT2D eigenvalue weighted by atomic mass is 9.75. The summed E-state index contributed by atoms with van der Waals surface area (Å²) in [4.78, 5) is 16.6. The van der Waals surface area contributed by atoms with Crippen molar-refractivity contribution in [2.45, 2.75) is 44.1 Å². The molecule has 0 unspecified atom stereocenters. The van der Waals surface area contributed by atoms with Crippen molar-refractivity contribution in [2.75, 3.05) is 5.32 Å². The molecule has 5 rings (SSSR count). The lowest BCUT2D eigenvalue weighted by molar-refractivity contribution is -0.117. The Morgan fingerprint density at radius 3 is 2.96 bits per heavy atom. The van der Waals surface area contributed by atoms with Crippen molar-refractivity contribution in [1.29, 1.82) is 5.26 Å². The second kappa shape index (κ2) is 6.17. The first-order valence-corrected chi connectivity index (χ1v) is 10.1. The predicted octanol–water partition coefficient (Wildman–Crippen LogP) is 4.30. The van der Waals surface area contributed by atoms with Crippen LogP contribution in [0.5, 0.6) is 0 Å². The van der Waals surface area contributed by atoms with Crippen LogP contribution in [0.3, 0.4) is 0 Å². The topological polar surface area (TPSA) is 83.6 Å². The number of amides is 1. The molecule has 0 radical (unpaired) electrons. The summed E-state index contributed by atoms with van der Waals surface area (Å²) >= 11 is 1.51. The van der Waals surface area contributed by atoms with Crippen molar-refractivity contribution in [2.24, 2.45) is 5.92 Å². The summed E-state index contributed by atoms with van der Waals surface area (Å²) < 4.78 is 3.02. The molecule has 1 N–H and O–H groups in total. The molecule has 0 atom stereocenters. The van der Waals surface area contributed by atoms with Crippen LogP contribution in [0.4, 0.5) is 5.13 Å². The van der Waals surface area contributed by atoms with Gasteiger partial charge in [-0.25, -0.2) is 4.98 Å². The van der Waals surface area contributed by atoms with E-state index in [4.69, 9.17) is 0 Å². The molecule has 136 valence electrons. The Labute approximate surface area is 160 Å².